The average Bonchev–Trinajstić information content (AvgIpc) is 2.86. The van der Waals surface area contributed by atoms with E-state index in [2.05, 4.69) is 62.5 Å². The lowest BCUT2D eigenvalue weighted by atomic mass is 9.92. The zero-order valence-corrected chi connectivity index (χ0v) is 14.4. The van der Waals surface area contributed by atoms with Crippen molar-refractivity contribution < 1.29 is 0 Å². The van der Waals surface area contributed by atoms with Crippen molar-refractivity contribution >= 4 is 17.3 Å². The molecule has 1 rings (SSSR count). The molecule has 0 spiro atoms. The Morgan fingerprint density at radius 2 is 2.15 bits per heavy atom. The van der Waals surface area contributed by atoms with Crippen LogP contribution in [0.1, 0.15) is 39.0 Å². The van der Waals surface area contributed by atoms with Crippen LogP contribution in [0.2, 0.25) is 0 Å². The molecule has 0 radical (unpaired) electrons. The zero-order valence-electron chi connectivity index (χ0n) is 13.6. The lowest BCUT2D eigenvalue weighted by Gasteiger charge is -2.23. The van der Waals surface area contributed by atoms with Gasteiger partial charge in [-0.25, -0.2) is 0 Å². The molecule has 0 amide bonds. The van der Waals surface area contributed by atoms with Crippen LogP contribution in [0.25, 0.3) is 0 Å². The van der Waals surface area contributed by atoms with Gasteiger partial charge in [0.2, 0.25) is 0 Å². The number of guanidine groups is 1. The summed E-state index contributed by atoms with van der Waals surface area (Å²) in [5, 5.41) is 5.51. The predicted octanol–water partition coefficient (Wildman–Crippen LogP) is 3.62. The summed E-state index contributed by atoms with van der Waals surface area (Å²) in [5.74, 6) is 1.02. The largest absolute Gasteiger partial charge is 0.357 e. The first kappa shape index (κ1) is 17.0. The summed E-state index contributed by atoms with van der Waals surface area (Å²) < 4.78 is 0. The van der Waals surface area contributed by atoms with Crippen molar-refractivity contribution in [3.8, 4) is 0 Å². The van der Waals surface area contributed by atoms with Crippen LogP contribution in [0.3, 0.4) is 0 Å². The average molecular weight is 295 g/mol. The van der Waals surface area contributed by atoms with Crippen molar-refractivity contribution in [2.45, 2.75) is 40.5 Å². The second-order valence-electron chi connectivity index (χ2n) is 6.30. The standard InChI is InChI=1S/C16H29N3S/c1-6-17-15(18-11-10-16(2,3)4)19(5)12-9-14-8-7-13-20-14/h7-8,13H,6,9-12H2,1-5H3,(H,17,18). The Kier molecular flexibility index (Phi) is 7.06. The van der Waals surface area contributed by atoms with Gasteiger partial charge in [0.05, 0.1) is 0 Å². The first-order chi connectivity index (χ1) is 9.42. The first-order valence-corrected chi connectivity index (χ1v) is 8.32. The lowest BCUT2D eigenvalue weighted by molar-refractivity contribution is 0.383. The third-order valence-corrected chi connectivity index (χ3v) is 4.03. The Bertz CT molecular complexity index is 390. The third kappa shape index (κ3) is 6.94. The minimum Gasteiger partial charge on any atom is -0.357 e. The fraction of sp³-hybridized carbons (Fsp3) is 0.688. The Balaban J connectivity index is 2.48. The van der Waals surface area contributed by atoms with E-state index >= 15 is 0 Å². The highest BCUT2D eigenvalue weighted by molar-refractivity contribution is 7.09. The van der Waals surface area contributed by atoms with Crippen molar-refractivity contribution in [2.24, 2.45) is 10.4 Å². The molecular formula is C16H29N3S. The van der Waals surface area contributed by atoms with E-state index in [-0.39, 0.29) is 0 Å². The van der Waals surface area contributed by atoms with E-state index in [0.29, 0.717) is 5.41 Å². The summed E-state index contributed by atoms with van der Waals surface area (Å²) in [6.45, 7) is 11.7. The molecule has 1 N–H and O–H groups in total. The van der Waals surface area contributed by atoms with Crippen molar-refractivity contribution in [3.63, 3.8) is 0 Å². The maximum atomic E-state index is 4.73. The summed E-state index contributed by atoms with van der Waals surface area (Å²) in [6, 6.07) is 4.31. The lowest BCUT2D eigenvalue weighted by Crippen LogP contribution is -2.40. The molecule has 0 aliphatic rings. The van der Waals surface area contributed by atoms with E-state index in [1.54, 1.807) is 0 Å². The number of hydrogen-bond donors (Lipinski definition) is 1. The summed E-state index contributed by atoms with van der Waals surface area (Å²) in [7, 11) is 2.12. The number of likely N-dealkylation sites (N-methyl/N-ethyl adjacent to an activating group) is 1. The molecule has 0 aromatic carbocycles. The molecule has 3 nitrogen and oxygen atoms in total. The molecule has 1 aromatic rings. The first-order valence-electron chi connectivity index (χ1n) is 7.44. The normalized spacial score (nSPS) is 12.6. The quantitative estimate of drug-likeness (QED) is 0.641. The second-order valence-corrected chi connectivity index (χ2v) is 7.33. The number of rotatable bonds is 6. The van der Waals surface area contributed by atoms with Crippen LogP contribution in [0.15, 0.2) is 22.5 Å². The van der Waals surface area contributed by atoms with Crippen LogP contribution in [-0.2, 0) is 6.42 Å². The molecule has 0 unspecified atom stereocenters. The van der Waals surface area contributed by atoms with Gasteiger partial charge in [0.25, 0.3) is 0 Å². The molecule has 0 fully saturated rings. The molecule has 1 heterocycles. The highest BCUT2D eigenvalue weighted by atomic mass is 32.1. The van der Waals surface area contributed by atoms with Crippen molar-refractivity contribution in [2.75, 3.05) is 26.7 Å². The molecule has 0 aliphatic heterocycles. The van der Waals surface area contributed by atoms with E-state index < -0.39 is 0 Å². The topological polar surface area (TPSA) is 27.6 Å². The molecule has 0 saturated carbocycles. The summed E-state index contributed by atoms with van der Waals surface area (Å²) in [4.78, 5) is 8.39. The highest BCUT2D eigenvalue weighted by Crippen LogP contribution is 2.18. The molecule has 1 aromatic heterocycles. The number of thiophene rings is 1. The van der Waals surface area contributed by atoms with E-state index in [4.69, 9.17) is 4.99 Å². The van der Waals surface area contributed by atoms with Gasteiger partial charge in [-0.05, 0) is 36.6 Å². The molecule has 20 heavy (non-hydrogen) atoms. The van der Waals surface area contributed by atoms with Gasteiger partial charge < -0.3 is 10.2 Å². The van der Waals surface area contributed by atoms with Gasteiger partial charge in [0.15, 0.2) is 5.96 Å². The van der Waals surface area contributed by atoms with E-state index in [1.165, 1.54) is 4.88 Å². The smallest absolute Gasteiger partial charge is 0.193 e. The Morgan fingerprint density at radius 1 is 1.40 bits per heavy atom. The number of hydrogen-bond acceptors (Lipinski definition) is 2. The van der Waals surface area contributed by atoms with Gasteiger partial charge in [0.1, 0.15) is 0 Å². The molecule has 4 heteroatoms. The second kappa shape index (κ2) is 8.30. The number of aliphatic imine (C=N–C) groups is 1. The van der Waals surface area contributed by atoms with Gasteiger partial charge in [-0.15, -0.1) is 11.3 Å². The van der Waals surface area contributed by atoms with Crippen LogP contribution >= 0.6 is 11.3 Å². The van der Waals surface area contributed by atoms with E-state index in [9.17, 15) is 0 Å². The Morgan fingerprint density at radius 3 is 2.70 bits per heavy atom. The Hall–Kier alpha value is -1.03. The highest BCUT2D eigenvalue weighted by Gasteiger charge is 2.10. The van der Waals surface area contributed by atoms with Gasteiger partial charge in [-0.3, -0.25) is 4.99 Å². The zero-order chi connectivity index (χ0) is 15.0. The molecule has 0 bridgehead atoms. The summed E-state index contributed by atoms with van der Waals surface area (Å²) in [6.07, 6.45) is 2.19. The van der Waals surface area contributed by atoms with Crippen molar-refractivity contribution in [3.05, 3.63) is 22.4 Å². The van der Waals surface area contributed by atoms with Gasteiger partial charge in [0, 0.05) is 31.6 Å². The minimum absolute atomic E-state index is 0.344. The van der Waals surface area contributed by atoms with Crippen molar-refractivity contribution in [1.82, 2.24) is 10.2 Å². The van der Waals surface area contributed by atoms with Gasteiger partial charge in [-0.1, -0.05) is 26.8 Å². The van der Waals surface area contributed by atoms with Gasteiger partial charge >= 0.3 is 0 Å². The maximum Gasteiger partial charge on any atom is 0.193 e. The summed E-state index contributed by atoms with van der Waals surface area (Å²) in [5.41, 5.74) is 0.344. The van der Waals surface area contributed by atoms with Crippen LogP contribution < -0.4 is 5.32 Å². The van der Waals surface area contributed by atoms with Crippen LogP contribution in [0.5, 0.6) is 0 Å². The molecule has 0 atom stereocenters. The van der Waals surface area contributed by atoms with Crippen LogP contribution in [-0.4, -0.2) is 37.5 Å². The fourth-order valence-electron chi connectivity index (χ4n) is 1.81. The fourth-order valence-corrected chi connectivity index (χ4v) is 2.50. The van der Waals surface area contributed by atoms with Crippen LogP contribution in [0.4, 0.5) is 0 Å². The summed E-state index contributed by atoms with van der Waals surface area (Å²) >= 11 is 1.82. The number of nitrogens with one attached hydrogen (secondary N) is 1. The van der Waals surface area contributed by atoms with E-state index in [1.807, 2.05) is 11.3 Å². The predicted molar refractivity (Wildman–Crippen MR) is 90.7 cm³/mol. The van der Waals surface area contributed by atoms with E-state index in [0.717, 1.165) is 38.4 Å². The number of nitrogens with zero attached hydrogens (tertiary/aromatic N) is 2. The minimum atomic E-state index is 0.344. The Labute approximate surface area is 128 Å². The maximum absolute atomic E-state index is 4.73. The third-order valence-electron chi connectivity index (χ3n) is 3.09. The monoisotopic (exact) mass is 295 g/mol. The molecule has 0 aliphatic carbocycles. The molecule has 0 saturated heterocycles. The SMILES string of the molecule is CCNC(=NCCC(C)(C)C)N(C)CCc1cccs1. The van der Waals surface area contributed by atoms with Crippen molar-refractivity contribution in [1.29, 1.82) is 0 Å². The van der Waals surface area contributed by atoms with Gasteiger partial charge in [-0.2, -0.15) is 0 Å². The van der Waals surface area contributed by atoms with Crippen LogP contribution in [0, 0.1) is 5.41 Å². The molecule has 114 valence electrons. The molecular weight excluding hydrogens is 266 g/mol.